The molecule has 0 saturated heterocycles. The molecule has 2 nitrogen and oxygen atoms in total. The van der Waals surface area contributed by atoms with E-state index < -0.39 is 5.60 Å². The van der Waals surface area contributed by atoms with Gasteiger partial charge >= 0.3 is 0 Å². The SMILES string of the molecule is Cc1ncsc1C1(O)CC1. The first-order valence-electron chi connectivity index (χ1n) is 3.35. The Kier molecular flexibility index (Phi) is 1.13. The van der Waals surface area contributed by atoms with Crippen LogP contribution in [-0.4, -0.2) is 10.1 Å². The topological polar surface area (TPSA) is 33.1 Å². The summed E-state index contributed by atoms with van der Waals surface area (Å²) < 4.78 is 0. The lowest BCUT2D eigenvalue weighted by atomic mass is 10.2. The minimum absolute atomic E-state index is 0.481. The third kappa shape index (κ3) is 0.777. The summed E-state index contributed by atoms with van der Waals surface area (Å²) >= 11 is 1.56. The maximum atomic E-state index is 9.64. The van der Waals surface area contributed by atoms with Gasteiger partial charge in [-0.05, 0) is 19.8 Å². The first kappa shape index (κ1) is 6.31. The molecule has 0 aliphatic heterocycles. The second-order valence-corrected chi connectivity index (χ2v) is 3.65. The average Bonchev–Trinajstić information content (AvgIpc) is 2.44. The number of aromatic nitrogens is 1. The summed E-state index contributed by atoms with van der Waals surface area (Å²) in [5.74, 6) is 0. The van der Waals surface area contributed by atoms with Crippen molar-refractivity contribution in [1.29, 1.82) is 0 Å². The molecule has 1 N–H and O–H groups in total. The van der Waals surface area contributed by atoms with Gasteiger partial charge in [-0.2, -0.15) is 0 Å². The van der Waals surface area contributed by atoms with Crippen LogP contribution in [0.4, 0.5) is 0 Å². The van der Waals surface area contributed by atoms with Crippen LogP contribution in [0, 0.1) is 6.92 Å². The van der Waals surface area contributed by atoms with Gasteiger partial charge in [0.2, 0.25) is 0 Å². The summed E-state index contributed by atoms with van der Waals surface area (Å²) in [6.07, 6.45) is 1.83. The smallest absolute Gasteiger partial charge is 0.101 e. The Morgan fingerprint density at radius 2 is 2.40 bits per heavy atom. The van der Waals surface area contributed by atoms with E-state index in [1.807, 2.05) is 6.92 Å². The first-order chi connectivity index (χ1) is 4.72. The zero-order valence-corrected chi connectivity index (χ0v) is 6.61. The highest BCUT2D eigenvalue weighted by atomic mass is 32.1. The maximum absolute atomic E-state index is 9.64. The van der Waals surface area contributed by atoms with E-state index >= 15 is 0 Å². The lowest BCUT2D eigenvalue weighted by molar-refractivity contribution is 0.154. The van der Waals surface area contributed by atoms with Crippen molar-refractivity contribution in [2.24, 2.45) is 0 Å². The van der Waals surface area contributed by atoms with Gasteiger partial charge in [-0.25, -0.2) is 4.98 Å². The fraction of sp³-hybridized carbons (Fsp3) is 0.571. The molecule has 0 atom stereocenters. The Balaban J connectivity index is 2.42. The number of hydrogen-bond acceptors (Lipinski definition) is 3. The lowest BCUT2D eigenvalue weighted by Gasteiger charge is -2.02. The summed E-state index contributed by atoms with van der Waals surface area (Å²) in [5.41, 5.74) is 2.30. The van der Waals surface area contributed by atoms with Gasteiger partial charge in [0.05, 0.1) is 16.1 Å². The Morgan fingerprint density at radius 3 is 2.80 bits per heavy atom. The Hall–Kier alpha value is -0.410. The average molecular weight is 155 g/mol. The van der Waals surface area contributed by atoms with Gasteiger partial charge in [0.15, 0.2) is 0 Å². The molecule has 54 valence electrons. The fourth-order valence-electron chi connectivity index (χ4n) is 1.09. The Labute approximate surface area is 63.5 Å². The van der Waals surface area contributed by atoms with Crippen molar-refractivity contribution in [1.82, 2.24) is 4.98 Å². The van der Waals surface area contributed by atoms with E-state index in [9.17, 15) is 5.11 Å². The predicted octanol–water partition coefficient (Wildman–Crippen LogP) is 1.43. The van der Waals surface area contributed by atoms with Crippen molar-refractivity contribution >= 4 is 11.3 Å². The van der Waals surface area contributed by atoms with Crippen molar-refractivity contribution in [3.63, 3.8) is 0 Å². The quantitative estimate of drug-likeness (QED) is 0.665. The zero-order chi connectivity index (χ0) is 7.19. The minimum Gasteiger partial charge on any atom is -0.384 e. The molecule has 0 amide bonds. The Morgan fingerprint density at radius 1 is 1.70 bits per heavy atom. The van der Waals surface area contributed by atoms with Crippen molar-refractivity contribution in [2.45, 2.75) is 25.4 Å². The number of thiazole rings is 1. The molecule has 2 rings (SSSR count). The van der Waals surface area contributed by atoms with Crippen LogP contribution in [0.25, 0.3) is 0 Å². The van der Waals surface area contributed by atoms with Crippen molar-refractivity contribution < 1.29 is 5.11 Å². The molecule has 1 saturated carbocycles. The van der Waals surface area contributed by atoms with Gasteiger partial charge < -0.3 is 5.11 Å². The highest BCUT2D eigenvalue weighted by Gasteiger charge is 2.44. The van der Waals surface area contributed by atoms with Crippen LogP contribution >= 0.6 is 11.3 Å². The molecule has 0 aromatic carbocycles. The number of nitrogens with zero attached hydrogens (tertiary/aromatic N) is 1. The second kappa shape index (κ2) is 1.80. The largest absolute Gasteiger partial charge is 0.384 e. The molecule has 0 unspecified atom stereocenters. The third-order valence-corrected chi connectivity index (χ3v) is 3.01. The van der Waals surface area contributed by atoms with Crippen LogP contribution in [0.2, 0.25) is 0 Å². The van der Waals surface area contributed by atoms with E-state index in [0.29, 0.717) is 0 Å². The molecular weight excluding hydrogens is 146 g/mol. The fourth-order valence-corrected chi connectivity index (χ4v) is 2.06. The number of aliphatic hydroxyl groups is 1. The summed E-state index contributed by atoms with van der Waals surface area (Å²) in [7, 11) is 0. The second-order valence-electron chi connectivity index (χ2n) is 2.80. The van der Waals surface area contributed by atoms with Crippen LogP contribution in [0.1, 0.15) is 23.4 Å². The van der Waals surface area contributed by atoms with Crippen molar-refractivity contribution in [3.8, 4) is 0 Å². The molecule has 0 radical (unpaired) electrons. The van der Waals surface area contributed by atoms with Crippen LogP contribution < -0.4 is 0 Å². The highest BCUT2D eigenvalue weighted by molar-refractivity contribution is 7.09. The summed E-state index contributed by atoms with van der Waals surface area (Å²) in [6, 6.07) is 0. The molecule has 0 bridgehead atoms. The van der Waals surface area contributed by atoms with Gasteiger partial charge in [-0.15, -0.1) is 11.3 Å². The number of hydrogen-bond donors (Lipinski definition) is 1. The van der Waals surface area contributed by atoms with Gasteiger partial charge in [-0.1, -0.05) is 0 Å². The molecule has 1 aliphatic carbocycles. The van der Waals surface area contributed by atoms with E-state index in [4.69, 9.17) is 0 Å². The van der Waals surface area contributed by atoms with Gasteiger partial charge in [0.1, 0.15) is 5.60 Å². The van der Waals surface area contributed by atoms with Crippen LogP contribution in [-0.2, 0) is 5.60 Å². The van der Waals surface area contributed by atoms with Gasteiger partial charge in [0, 0.05) is 0 Å². The Bertz CT molecular complexity index is 252. The molecule has 1 heterocycles. The summed E-state index contributed by atoms with van der Waals surface area (Å²) in [6.45, 7) is 1.95. The summed E-state index contributed by atoms with van der Waals surface area (Å²) in [4.78, 5) is 5.14. The van der Waals surface area contributed by atoms with Gasteiger partial charge in [0.25, 0.3) is 0 Å². The number of rotatable bonds is 1. The zero-order valence-electron chi connectivity index (χ0n) is 5.79. The van der Waals surface area contributed by atoms with E-state index in [-0.39, 0.29) is 0 Å². The lowest BCUT2D eigenvalue weighted by Crippen LogP contribution is -2.02. The molecular formula is C7H9NOS. The predicted molar refractivity (Wildman–Crippen MR) is 40.0 cm³/mol. The summed E-state index contributed by atoms with van der Waals surface area (Å²) in [5, 5.41) is 9.64. The van der Waals surface area contributed by atoms with Gasteiger partial charge in [-0.3, -0.25) is 0 Å². The normalized spacial score (nSPS) is 21.0. The van der Waals surface area contributed by atoms with Crippen LogP contribution in [0.5, 0.6) is 0 Å². The van der Waals surface area contributed by atoms with E-state index in [2.05, 4.69) is 4.98 Å². The molecule has 1 aromatic rings. The molecule has 1 fully saturated rings. The molecule has 3 heteroatoms. The monoisotopic (exact) mass is 155 g/mol. The minimum atomic E-state index is -0.481. The third-order valence-electron chi connectivity index (χ3n) is 1.89. The standard InChI is InChI=1S/C7H9NOS/c1-5-6(10-4-8-5)7(9)2-3-7/h4,9H,2-3H2,1H3. The molecule has 0 spiro atoms. The highest BCUT2D eigenvalue weighted by Crippen LogP contribution is 2.47. The first-order valence-corrected chi connectivity index (χ1v) is 4.23. The van der Waals surface area contributed by atoms with E-state index in [0.717, 1.165) is 23.4 Å². The maximum Gasteiger partial charge on any atom is 0.101 e. The van der Waals surface area contributed by atoms with Crippen LogP contribution in [0.3, 0.4) is 0 Å². The molecule has 10 heavy (non-hydrogen) atoms. The number of aryl methyl sites for hydroxylation is 1. The van der Waals surface area contributed by atoms with Crippen molar-refractivity contribution in [2.75, 3.05) is 0 Å². The van der Waals surface area contributed by atoms with E-state index in [1.54, 1.807) is 16.8 Å². The van der Waals surface area contributed by atoms with Crippen molar-refractivity contribution in [3.05, 3.63) is 16.1 Å². The van der Waals surface area contributed by atoms with Crippen LogP contribution in [0.15, 0.2) is 5.51 Å². The molecule has 1 aliphatic rings. The molecule has 1 aromatic heterocycles. The van der Waals surface area contributed by atoms with E-state index in [1.165, 1.54) is 0 Å².